The molecule has 0 saturated heterocycles. The highest BCUT2D eigenvalue weighted by molar-refractivity contribution is 5.82. The van der Waals surface area contributed by atoms with Crippen LogP contribution < -0.4 is 5.32 Å². The maximum Gasteiger partial charge on any atom is 0.237 e. The highest BCUT2D eigenvalue weighted by Crippen LogP contribution is 2.26. The van der Waals surface area contributed by atoms with Crippen molar-refractivity contribution in [3.05, 3.63) is 59.6 Å². The number of amides is 1. The molecule has 3 heterocycles. The number of likely N-dealkylation sites (N-methyl/N-ethyl adjacent to an activating group) is 1. The van der Waals surface area contributed by atoms with Gasteiger partial charge in [0.15, 0.2) is 5.76 Å². The predicted octanol–water partition coefficient (Wildman–Crippen LogP) is 1.75. The molecule has 1 aromatic carbocycles. The van der Waals surface area contributed by atoms with Crippen molar-refractivity contribution in [2.75, 3.05) is 7.05 Å². The summed E-state index contributed by atoms with van der Waals surface area (Å²) in [4.78, 5) is 14.5. The Morgan fingerprint density at radius 3 is 2.88 bits per heavy atom. The van der Waals surface area contributed by atoms with Crippen molar-refractivity contribution in [1.29, 1.82) is 0 Å². The molecule has 0 unspecified atom stereocenters. The first-order valence-electron chi connectivity index (χ1n) is 8.61. The van der Waals surface area contributed by atoms with Crippen molar-refractivity contribution >= 4 is 5.91 Å². The largest absolute Gasteiger partial charge is 0.359 e. The second kappa shape index (κ2) is 6.76. The van der Waals surface area contributed by atoms with E-state index in [1.165, 1.54) is 11.1 Å². The number of carbonyl (C=O) groups is 1. The Bertz CT molecular complexity index is 929. The lowest BCUT2D eigenvalue weighted by Gasteiger charge is -2.35. The van der Waals surface area contributed by atoms with Gasteiger partial charge in [0, 0.05) is 38.5 Å². The quantitative estimate of drug-likeness (QED) is 0.775. The van der Waals surface area contributed by atoms with Gasteiger partial charge in [-0.05, 0) is 17.5 Å². The Balaban J connectivity index is 1.57. The fourth-order valence-electron chi connectivity index (χ4n) is 3.45. The number of nitrogens with zero attached hydrogens (tertiary/aromatic N) is 4. The van der Waals surface area contributed by atoms with Crippen molar-refractivity contribution in [2.24, 2.45) is 7.05 Å². The molecular formula is C19H21N5O2. The number of fused-ring (bicyclic) bond motifs is 1. The van der Waals surface area contributed by atoms with Crippen LogP contribution in [-0.2, 0) is 31.4 Å². The van der Waals surface area contributed by atoms with Gasteiger partial charge in [0.1, 0.15) is 5.69 Å². The highest BCUT2D eigenvalue weighted by atomic mass is 16.5. The van der Waals surface area contributed by atoms with Crippen molar-refractivity contribution in [2.45, 2.75) is 25.6 Å². The molecule has 1 aliphatic heterocycles. The number of hydrogen-bond acceptors (Lipinski definition) is 5. The third kappa shape index (κ3) is 3.13. The molecule has 0 saturated carbocycles. The summed E-state index contributed by atoms with van der Waals surface area (Å²) in [6, 6.07) is 9.96. The van der Waals surface area contributed by atoms with Crippen molar-refractivity contribution < 1.29 is 9.32 Å². The van der Waals surface area contributed by atoms with Crippen LogP contribution in [0.5, 0.6) is 0 Å². The van der Waals surface area contributed by atoms with Gasteiger partial charge < -0.3 is 9.84 Å². The maximum absolute atomic E-state index is 12.4. The van der Waals surface area contributed by atoms with E-state index in [9.17, 15) is 4.79 Å². The van der Waals surface area contributed by atoms with E-state index in [4.69, 9.17) is 4.52 Å². The fourth-order valence-corrected chi connectivity index (χ4v) is 3.45. The summed E-state index contributed by atoms with van der Waals surface area (Å²) in [5.41, 5.74) is 4.14. The molecule has 26 heavy (non-hydrogen) atoms. The Labute approximate surface area is 151 Å². The lowest BCUT2D eigenvalue weighted by molar-refractivity contribution is -0.126. The minimum atomic E-state index is -0.221. The summed E-state index contributed by atoms with van der Waals surface area (Å²) in [6.07, 6.45) is 4.34. The second-order valence-electron chi connectivity index (χ2n) is 6.59. The van der Waals surface area contributed by atoms with Crippen LogP contribution in [-0.4, -0.2) is 38.8 Å². The number of aromatic nitrogens is 3. The molecule has 3 aromatic rings. The van der Waals surface area contributed by atoms with Gasteiger partial charge in [0.25, 0.3) is 0 Å². The van der Waals surface area contributed by atoms with Crippen LogP contribution in [0.4, 0.5) is 0 Å². The van der Waals surface area contributed by atoms with Crippen LogP contribution >= 0.6 is 0 Å². The van der Waals surface area contributed by atoms with Crippen LogP contribution in [0.1, 0.15) is 16.9 Å². The average molecular weight is 351 g/mol. The predicted molar refractivity (Wildman–Crippen MR) is 96.0 cm³/mol. The molecule has 0 fully saturated rings. The molecule has 4 rings (SSSR count). The van der Waals surface area contributed by atoms with Crippen molar-refractivity contribution in [3.63, 3.8) is 0 Å². The number of benzene rings is 1. The van der Waals surface area contributed by atoms with E-state index in [0.717, 1.165) is 17.0 Å². The molecule has 2 aromatic heterocycles. The summed E-state index contributed by atoms with van der Waals surface area (Å²) in [6.45, 7) is 1.23. The molecule has 1 atom stereocenters. The Kier molecular flexibility index (Phi) is 4.30. The van der Waals surface area contributed by atoms with Gasteiger partial charge in [0.2, 0.25) is 5.91 Å². The van der Waals surface area contributed by atoms with Crippen molar-refractivity contribution in [3.8, 4) is 11.3 Å². The first-order chi connectivity index (χ1) is 12.6. The minimum Gasteiger partial charge on any atom is -0.359 e. The normalized spacial score (nSPS) is 17.1. The molecule has 0 bridgehead atoms. The van der Waals surface area contributed by atoms with E-state index in [2.05, 4.69) is 32.6 Å². The van der Waals surface area contributed by atoms with E-state index in [1.54, 1.807) is 17.9 Å². The zero-order valence-corrected chi connectivity index (χ0v) is 14.8. The molecule has 1 aliphatic rings. The van der Waals surface area contributed by atoms with E-state index in [-0.39, 0.29) is 11.9 Å². The van der Waals surface area contributed by atoms with E-state index in [1.807, 2.05) is 31.4 Å². The molecule has 134 valence electrons. The number of carbonyl (C=O) groups excluding carboxylic acids is 1. The average Bonchev–Trinajstić information content (AvgIpc) is 3.29. The summed E-state index contributed by atoms with van der Waals surface area (Å²) < 4.78 is 7.25. The molecule has 1 amide bonds. The molecule has 7 heteroatoms. The first-order valence-corrected chi connectivity index (χ1v) is 8.61. The Morgan fingerprint density at radius 2 is 2.15 bits per heavy atom. The van der Waals surface area contributed by atoms with Crippen LogP contribution in [0, 0.1) is 0 Å². The lowest BCUT2D eigenvalue weighted by Crippen LogP contribution is -2.49. The van der Waals surface area contributed by atoms with Crippen LogP contribution in [0.15, 0.2) is 47.2 Å². The van der Waals surface area contributed by atoms with E-state index in [0.29, 0.717) is 19.5 Å². The second-order valence-corrected chi connectivity index (χ2v) is 6.59. The molecule has 0 radical (unpaired) electrons. The van der Waals surface area contributed by atoms with Gasteiger partial charge in [-0.3, -0.25) is 14.4 Å². The Hall–Kier alpha value is -2.93. The SMILES string of the molecule is CNC(=O)[C@@H]1Cc2ccccc2CN1Cc1cc(-c2cnn(C)c2)no1. The van der Waals surface area contributed by atoms with E-state index >= 15 is 0 Å². The zero-order valence-electron chi connectivity index (χ0n) is 14.8. The number of rotatable bonds is 4. The highest BCUT2D eigenvalue weighted by Gasteiger charge is 2.31. The van der Waals surface area contributed by atoms with Crippen LogP contribution in [0.3, 0.4) is 0 Å². The summed E-state index contributed by atoms with van der Waals surface area (Å²) >= 11 is 0. The first kappa shape index (κ1) is 16.5. The Morgan fingerprint density at radius 1 is 1.35 bits per heavy atom. The molecule has 1 N–H and O–H groups in total. The minimum absolute atomic E-state index is 0.0199. The molecule has 0 aliphatic carbocycles. The summed E-state index contributed by atoms with van der Waals surface area (Å²) in [5.74, 6) is 0.753. The van der Waals surface area contributed by atoms with Gasteiger partial charge >= 0.3 is 0 Å². The van der Waals surface area contributed by atoms with Gasteiger partial charge in [-0.1, -0.05) is 29.4 Å². The summed E-state index contributed by atoms with van der Waals surface area (Å²) in [5, 5.41) is 11.1. The molecular weight excluding hydrogens is 330 g/mol. The van der Waals surface area contributed by atoms with Crippen LogP contribution in [0.25, 0.3) is 11.3 Å². The monoisotopic (exact) mass is 351 g/mol. The van der Waals surface area contributed by atoms with Gasteiger partial charge in [-0.2, -0.15) is 5.10 Å². The number of nitrogens with one attached hydrogen (secondary N) is 1. The van der Waals surface area contributed by atoms with Gasteiger partial charge in [0.05, 0.1) is 18.8 Å². The third-order valence-corrected chi connectivity index (χ3v) is 4.81. The van der Waals surface area contributed by atoms with Crippen LogP contribution in [0.2, 0.25) is 0 Å². The molecule has 0 spiro atoms. The summed E-state index contributed by atoms with van der Waals surface area (Å²) in [7, 11) is 3.54. The smallest absolute Gasteiger partial charge is 0.237 e. The number of aryl methyl sites for hydroxylation is 1. The van der Waals surface area contributed by atoms with Gasteiger partial charge in [-0.15, -0.1) is 0 Å². The standard InChI is InChI=1S/C19H21N5O2/c1-20-19(25)18-7-13-5-3-4-6-14(13)11-24(18)12-16-8-17(22-26-16)15-9-21-23(2)10-15/h3-6,8-10,18H,7,11-12H2,1-2H3,(H,20,25)/t18-/m0/s1. The third-order valence-electron chi connectivity index (χ3n) is 4.81. The maximum atomic E-state index is 12.4. The number of hydrogen-bond donors (Lipinski definition) is 1. The molecule has 7 nitrogen and oxygen atoms in total. The van der Waals surface area contributed by atoms with Crippen molar-refractivity contribution in [1.82, 2.24) is 25.2 Å². The fraction of sp³-hybridized carbons (Fsp3) is 0.316. The van der Waals surface area contributed by atoms with E-state index < -0.39 is 0 Å². The zero-order chi connectivity index (χ0) is 18.1. The topological polar surface area (TPSA) is 76.2 Å². The lowest BCUT2D eigenvalue weighted by atomic mass is 9.93. The van der Waals surface area contributed by atoms with Gasteiger partial charge in [-0.25, -0.2) is 0 Å².